The average Bonchev–Trinajstić information content (AvgIpc) is 2.36. The van der Waals surface area contributed by atoms with Gasteiger partial charge in [0.1, 0.15) is 0 Å². The lowest BCUT2D eigenvalue weighted by atomic mass is 10.1. The van der Waals surface area contributed by atoms with Crippen molar-refractivity contribution in [3.8, 4) is 0 Å². The van der Waals surface area contributed by atoms with Crippen LogP contribution in [0.2, 0.25) is 0 Å². The molecule has 19 heavy (non-hydrogen) atoms. The van der Waals surface area contributed by atoms with E-state index >= 15 is 0 Å². The molecule has 0 aliphatic carbocycles. The van der Waals surface area contributed by atoms with Crippen molar-refractivity contribution >= 4 is 17.3 Å². The molecule has 3 nitrogen and oxygen atoms in total. The number of aliphatic imine (C=N–C) groups is 1. The number of halogens is 2. The van der Waals surface area contributed by atoms with Gasteiger partial charge in [-0.1, -0.05) is 29.8 Å². The Kier molecular flexibility index (Phi) is 3.55. The highest BCUT2D eigenvalue weighted by atomic mass is 19.1. The predicted octanol–water partition coefficient (Wildman–Crippen LogP) is 3.39. The maximum atomic E-state index is 13.5. The van der Waals surface area contributed by atoms with Crippen LogP contribution in [0.25, 0.3) is 0 Å². The van der Waals surface area contributed by atoms with Crippen LogP contribution in [0.3, 0.4) is 0 Å². The fraction of sp³-hybridized carbons (Fsp3) is 0.143. The molecule has 0 aliphatic rings. The minimum atomic E-state index is -0.885. The fourth-order valence-electron chi connectivity index (χ4n) is 1.57. The Balaban J connectivity index is 2.40. The van der Waals surface area contributed by atoms with Crippen molar-refractivity contribution in [3.63, 3.8) is 0 Å². The Hall–Kier alpha value is -2.30. The molecule has 2 rings (SSSR count). The van der Waals surface area contributed by atoms with E-state index in [1.165, 1.54) is 0 Å². The summed E-state index contributed by atoms with van der Waals surface area (Å²) < 4.78 is 26.5. The number of nitrogens with zero attached hydrogens (tertiary/aromatic N) is 2. The van der Waals surface area contributed by atoms with E-state index in [9.17, 15) is 8.78 Å². The lowest BCUT2D eigenvalue weighted by molar-refractivity contribution is 0.579. The second kappa shape index (κ2) is 5.14. The third-order valence-corrected chi connectivity index (χ3v) is 2.68. The molecule has 2 N–H and O–H groups in total. The Morgan fingerprint density at radius 3 is 2.42 bits per heavy atom. The van der Waals surface area contributed by atoms with E-state index in [0.717, 1.165) is 11.1 Å². The molecule has 0 radical (unpaired) electrons. The summed E-state index contributed by atoms with van der Waals surface area (Å²) in [6, 6.07) is 8.29. The predicted molar refractivity (Wildman–Crippen MR) is 71.6 cm³/mol. The zero-order chi connectivity index (χ0) is 14.0. The molecule has 0 saturated heterocycles. The SMILES string of the molecule is C/C(=N/c1nc(N)c(F)cc1F)c1ccc(C)cc1. The largest absolute Gasteiger partial charge is 0.381 e. The summed E-state index contributed by atoms with van der Waals surface area (Å²) in [6.45, 7) is 3.70. The van der Waals surface area contributed by atoms with E-state index in [-0.39, 0.29) is 11.6 Å². The lowest BCUT2D eigenvalue weighted by Crippen LogP contribution is -1.99. The van der Waals surface area contributed by atoms with Crippen LogP contribution in [0.5, 0.6) is 0 Å². The highest BCUT2D eigenvalue weighted by Crippen LogP contribution is 2.20. The van der Waals surface area contributed by atoms with Crippen LogP contribution in [0.1, 0.15) is 18.1 Å². The topological polar surface area (TPSA) is 51.3 Å². The van der Waals surface area contributed by atoms with Gasteiger partial charge in [0.25, 0.3) is 0 Å². The van der Waals surface area contributed by atoms with Gasteiger partial charge in [-0.15, -0.1) is 0 Å². The number of aromatic nitrogens is 1. The number of nitrogens with two attached hydrogens (primary N) is 1. The molecule has 2 aromatic rings. The molecule has 1 aromatic carbocycles. The summed E-state index contributed by atoms with van der Waals surface area (Å²) in [6.07, 6.45) is 0. The van der Waals surface area contributed by atoms with Crippen LogP contribution < -0.4 is 5.73 Å². The second-order valence-electron chi connectivity index (χ2n) is 4.22. The van der Waals surface area contributed by atoms with Crippen LogP contribution in [-0.2, 0) is 0 Å². The van der Waals surface area contributed by atoms with E-state index in [1.54, 1.807) is 6.92 Å². The molecule has 98 valence electrons. The Morgan fingerprint density at radius 1 is 1.16 bits per heavy atom. The molecule has 0 spiro atoms. The van der Waals surface area contributed by atoms with Crippen LogP contribution in [0.15, 0.2) is 35.3 Å². The Labute approximate surface area is 109 Å². The lowest BCUT2D eigenvalue weighted by Gasteiger charge is -2.03. The number of nitrogen functional groups attached to an aromatic ring is 1. The Morgan fingerprint density at radius 2 is 1.79 bits per heavy atom. The smallest absolute Gasteiger partial charge is 0.190 e. The number of rotatable bonds is 2. The zero-order valence-electron chi connectivity index (χ0n) is 10.6. The molecule has 0 amide bonds. The first-order valence-electron chi connectivity index (χ1n) is 5.71. The monoisotopic (exact) mass is 261 g/mol. The van der Waals surface area contributed by atoms with E-state index in [2.05, 4.69) is 9.98 Å². The standard InChI is InChI=1S/C14H13F2N3/c1-8-3-5-10(6-4-8)9(2)18-14-12(16)7-11(15)13(17)19-14/h3-7H,1-2H3,(H2,17,19)/b18-9-. The minimum Gasteiger partial charge on any atom is -0.381 e. The summed E-state index contributed by atoms with van der Waals surface area (Å²) in [5, 5.41) is 0. The van der Waals surface area contributed by atoms with Crippen molar-refractivity contribution in [1.29, 1.82) is 0 Å². The maximum absolute atomic E-state index is 13.5. The molecule has 1 heterocycles. The van der Waals surface area contributed by atoms with E-state index in [0.29, 0.717) is 11.8 Å². The van der Waals surface area contributed by atoms with Crippen molar-refractivity contribution in [2.45, 2.75) is 13.8 Å². The van der Waals surface area contributed by atoms with Gasteiger partial charge in [0.15, 0.2) is 23.3 Å². The summed E-state index contributed by atoms with van der Waals surface area (Å²) in [7, 11) is 0. The van der Waals surface area contributed by atoms with Gasteiger partial charge in [0.05, 0.1) is 0 Å². The van der Waals surface area contributed by atoms with Crippen LogP contribution in [-0.4, -0.2) is 10.7 Å². The van der Waals surface area contributed by atoms with E-state index < -0.39 is 11.6 Å². The van der Waals surface area contributed by atoms with Gasteiger partial charge in [-0.05, 0) is 19.4 Å². The van der Waals surface area contributed by atoms with Crippen LogP contribution in [0, 0.1) is 18.6 Å². The molecule has 0 atom stereocenters. The highest BCUT2D eigenvalue weighted by molar-refractivity contribution is 6.00. The van der Waals surface area contributed by atoms with Gasteiger partial charge < -0.3 is 5.73 Å². The van der Waals surface area contributed by atoms with E-state index in [1.807, 2.05) is 31.2 Å². The number of hydrogen-bond donors (Lipinski definition) is 1. The number of anilines is 1. The van der Waals surface area contributed by atoms with Gasteiger partial charge in [0, 0.05) is 11.8 Å². The van der Waals surface area contributed by atoms with Gasteiger partial charge in [0.2, 0.25) is 0 Å². The van der Waals surface area contributed by atoms with Crippen molar-refractivity contribution < 1.29 is 8.78 Å². The first-order valence-corrected chi connectivity index (χ1v) is 5.71. The fourth-order valence-corrected chi connectivity index (χ4v) is 1.57. The molecule has 0 unspecified atom stereocenters. The highest BCUT2D eigenvalue weighted by Gasteiger charge is 2.09. The molecular formula is C14H13F2N3. The molecule has 5 heteroatoms. The van der Waals surface area contributed by atoms with Gasteiger partial charge in [-0.25, -0.2) is 18.8 Å². The molecule has 0 bridgehead atoms. The minimum absolute atomic E-state index is 0.211. The third kappa shape index (κ3) is 2.93. The quantitative estimate of drug-likeness (QED) is 0.842. The second-order valence-corrected chi connectivity index (χ2v) is 4.22. The average molecular weight is 261 g/mol. The number of benzene rings is 1. The van der Waals surface area contributed by atoms with Crippen molar-refractivity contribution in [3.05, 3.63) is 53.1 Å². The third-order valence-electron chi connectivity index (χ3n) is 2.68. The van der Waals surface area contributed by atoms with Crippen molar-refractivity contribution in [2.24, 2.45) is 4.99 Å². The van der Waals surface area contributed by atoms with E-state index in [4.69, 9.17) is 5.73 Å². The normalized spacial score (nSPS) is 11.7. The molecule has 0 fully saturated rings. The summed E-state index contributed by atoms with van der Waals surface area (Å²) in [5.41, 5.74) is 7.84. The first-order chi connectivity index (χ1) is 8.97. The molecule has 0 saturated carbocycles. The van der Waals surface area contributed by atoms with Crippen LogP contribution >= 0.6 is 0 Å². The maximum Gasteiger partial charge on any atom is 0.190 e. The van der Waals surface area contributed by atoms with Gasteiger partial charge in [-0.2, -0.15) is 0 Å². The molecule has 0 aliphatic heterocycles. The molecular weight excluding hydrogens is 248 g/mol. The summed E-state index contributed by atoms with van der Waals surface area (Å²) in [4.78, 5) is 7.64. The zero-order valence-corrected chi connectivity index (χ0v) is 10.6. The number of aryl methyl sites for hydroxylation is 1. The molecule has 1 aromatic heterocycles. The first kappa shape index (κ1) is 13.1. The van der Waals surface area contributed by atoms with Gasteiger partial charge in [-0.3, -0.25) is 0 Å². The Bertz CT molecular complexity index is 634. The summed E-state index contributed by atoms with van der Waals surface area (Å²) in [5.74, 6) is -2.29. The number of hydrogen-bond acceptors (Lipinski definition) is 3. The van der Waals surface area contributed by atoms with Gasteiger partial charge >= 0.3 is 0 Å². The number of pyridine rings is 1. The van der Waals surface area contributed by atoms with Crippen molar-refractivity contribution in [1.82, 2.24) is 4.98 Å². The summed E-state index contributed by atoms with van der Waals surface area (Å²) >= 11 is 0. The van der Waals surface area contributed by atoms with Crippen LogP contribution in [0.4, 0.5) is 20.4 Å². The van der Waals surface area contributed by atoms with Crippen molar-refractivity contribution in [2.75, 3.05) is 5.73 Å².